The van der Waals surface area contributed by atoms with Crippen LogP contribution in [-0.4, -0.2) is 43.1 Å². The van der Waals surface area contributed by atoms with Gasteiger partial charge in [-0.3, -0.25) is 9.69 Å². The quantitative estimate of drug-likeness (QED) is 0.757. The molecule has 2 atom stereocenters. The van der Waals surface area contributed by atoms with Crippen LogP contribution in [0.25, 0.3) is 0 Å². The Bertz CT molecular complexity index is 512. The summed E-state index contributed by atoms with van der Waals surface area (Å²) in [6.45, 7) is 8.40. The summed E-state index contributed by atoms with van der Waals surface area (Å²) in [7, 11) is 0. The third-order valence-electron chi connectivity index (χ3n) is 4.34. The molecule has 2 aliphatic heterocycles. The molecule has 0 N–H and O–H groups in total. The number of piperidine rings is 1. The maximum Gasteiger partial charge on any atom is 0.226 e. The van der Waals surface area contributed by atoms with Crippen molar-refractivity contribution in [3.8, 4) is 5.75 Å². The minimum Gasteiger partial charge on any atom is -0.492 e. The van der Waals surface area contributed by atoms with Crippen LogP contribution >= 0.6 is 0 Å². The number of benzene rings is 1. The lowest BCUT2D eigenvalue weighted by molar-refractivity contribution is -0.119. The molecule has 1 aromatic rings. The van der Waals surface area contributed by atoms with E-state index in [1.54, 1.807) is 0 Å². The lowest BCUT2D eigenvalue weighted by Crippen LogP contribution is -2.35. The summed E-state index contributed by atoms with van der Waals surface area (Å²) < 4.78 is 5.87. The number of ether oxygens (including phenoxy) is 1. The number of hydrogen-bond acceptors (Lipinski definition) is 3. The minimum absolute atomic E-state index is 0.238. The van der Waals surface area contributed by atoms with Crippen LogP contribution in [0, 0.1) is 5.92 Å². The van der Waals surface area contributed by atoms with Crippen LogP contribution in [0.5, 0.6) is 5.75 Å². The summed E-state index contributed by atoms with van der Waals surface area (Å²) >= 11 is 0. The maximum atomic E-state index is 11.9. The van der Waals surface area contributed by atoms with E-state index in [0.29, 0.717) is 18.4 Å². The molecule has 1 amide bonds. The molecular formula is C18H26N2O2. The second-order valence-electron chi connectivity index (χ2n) is 6.81. The molecule has 0 aromatic heterocycles. The van der Waals surface area contributed by atoms with E-state index in [1.807, 2.05) is 29.2 Å². The zero-order chi connectivity index (χ0) is 15.5. The van der Waals surface area contributed by atoms with Crippen LogP contribution in [0.1, 0.15) is 33.1 Å². The van der Waals surface area contributed by atoms with Gasteiger partial charge in [-0.2, -0.15) is 0 Å². The first-order valence-corrected chi connectivity index (χ1v) is 8.41. The van der Waals surface area contributed by atoms with Gasteiger partial charge in [0, 0.05) is 31.7 Å². The van der Waals surface area contributed by atoms with Crippen LogP contribution in [0.4, 0.5) is 5.69 Å². The zero-order valence-electron chi connectivity index (χ0n) is 13.6. The fraction of sp³-hybridized carbons (Fsp3) is 0.611. The third-order valence-corrected chi connectivity index (χ3v) is 4.34. The summed E-state index contributed by atoms with van der Waals surface area (Å²) in [6.07, 6.45) is 2.79. The monoisotopic (exact) mass is 302 g/mol. The van der Waals surface area contributed by atoms with Crippen molar-refractivity contribution in [3.63, 3.8) is 0 Å². The number of nitrogens with zero attached hydrogens (tertiary/aromatic N) is 2. The van der Waals surface area contributed by atoms with E-state index >= 15 is 0 Å². The molecule has 2 aliphatic rings. The molecule has 1 aromatic carbocycles. The molecule has 0 bridgehead atoms. The SMILES string of the molecule is CC(C)CN1CC1COc1ccc(N2CCCCC2=O)cc1. The third kappa shape index (κ3) is 3.80. The number of rotatable bonds is 6. The van der Waals surface area contributed by atoms with Crippen LogP contribution in [0.15, 0.2) is 24.3 Å². The second-order valence-corrected chi connectivity index (χ2v) is 6.81. The standard InChI is InChI=1S/C18H26N2O2/c1-14(2)11-19-12-16(19)13-22-17-8-6-15(7-9-17)20-10-4-3-5-18(20)21/h6-9,14,16H,3-5,10-13H2,1-2H3. The van der Waals surface area contributed by atoms with Crippen LogP contribution < -0.4 is 9.64 Å². The normalized spacial score (nSPS) is 24.7. The summed E-state index contributed by atoms with van der Waals surface area (Å²) in [5.74, 6) is 1.85. The van der Waals surface area contributed by atoms with Crippen LogP contribution in [-0.2, 0) is 4.79 Å². The molecule has 0 spiro atoms. The number of anilines is 1. The van der Waals surface area contributed by atoms with Crippen LogP contribution in [0.3, 0.4) is 0 Å². The van der Waals surface area contributed by atoms with Crippen molar-refractivity contribution in [1.82, 2.24) is 4.90 Å². The highest BCUT2D eigenvalue weighted by Gasteiger charge is 2.34. The Morgan fingerprint density at radius 2 is 2.00 bits per heavy atom. The van der Waals surface area contributed by atoms with Crippen molar-refractivity contribution in [3.05, 3.63) is 24.3 Å². The lowest BCUT2D eigenvalue weighted by atomic mass is 10.1. The first-order chi connectivity index (χ1) is 10.6. The average molecular weight is 302 g/mol. The van der Waals surface area contributed by atoms with Gasteiger partial charge in [0.05, 0.1) is 6.04 Å². The van der Waals surface area contributed by atoms with Gasteiger partial charge in [0.25, 0.3) is 0 Å². The fourth-order valence-corrected chi connectivity index (χ4v) is 3.07. The Hall–Kier alpha value is -1.55. The molecule has 4 heteroatoms. The van der Waals surface area contributed by atoms with Gasteiger partial charge in [0.2, 0.25) is 5.91 Å². The highest BCUT2D eigenvalue weighted by molar-refractivity contribution is 5.93. The van der Waals surface area contributed by atoms with Crippen molar-refractivity contribution in [2.45, 2.75) is 39.2 Å². The van der Waals surface area contributed by atoms with E-state index in [-0.39, 0.29) is 5.91 Å². The highest BCUT2D eigenvalue weighted by Crippen LogP contribution is 2.25. The maximum absolute atomic E-state index is 11.9. The molecule has 2 unspecified atom stereocenters. The van der Waals surface area contributed by atoms with E-state index in [4.69, 9.17) is 4.74 Å². The largest absolute Gasteiger partial charge is 0.492 e. The number of carbonyl (C=O) groups excluding carboxylic acids is 1. The van der Waals surface area contributed by atoms with Gasteiger partial charge in [0.1, 0.15) is 12.4 Å². The Balaban J connectivity index is 1.49. The molecule has 22 heavy (non-hydrogen) atoms. The van der Waals surface area contributed by atoms with E-state index in [2.05, 4.69) is 18.7 Å². The summed E-state index contributed by atoms with van der Waals surface area (Å²) in [5.41, 5.74) is 0.991. The highest BCUT2D eigenvalue weighted by atomic mass is 16.5. The molecular weight excluding hydrogens is 276 g/mol. The van der Waals surface area contributed by atoms with E-state index in [1.165, 1.54) is 0 Å². The van der Waals surface area contributed by atoms with Gasteiger partial charge in [-0.25, -0.2) is 0 Å². The molecule has 3 rings (SSSR count). The molecule has 4 nitrogen and oxygen atoms in total. The molecule has 2 saturated heterocycles. The first-order valence-electron chi connectivity index (χ1n) is 8.41. The summed E-state index contributed by atoms with van der Waals surface area (Å²) in [4.78, 5) is 16.3. The van der Waals surface area contributed by atoms with Crippen molar-refractivity contribution in [2.75, 3.05) is 31.1 Å². The molecule has 0 radical (unpaired) electrons. The fourth-order valence-electron chi connectivity index (χ4n) is 3.07. The Morgan fingerprint density at radius 1 is 1.23 bits per heavy atom. The smallest absolute Gasteiger partial charge is 0.226 e. The number of amides is 1. The van der Waals surface area contributed by atoms with Gasteiger partial charge in [-0.15, -0.1) is 0 Å². The number of carbonyl (C=O) groups is 1. The molecule has 120 valence electrons. The second kappa shape index (κ2) is 6.69. The van der Waals surface area contributed by atoms with Crippen molar-refractivity contribution in [2.24, 2.45) is 5.92 Å². The van der Waals surface area contributed by atoms with Crippen molar-refractivity contribution < 1.29 is 9.53 Å². The van der Waals surface area contributed by atoms with E-state index in [0.717, 1.165) is 50.5 Å². The van der Waals surface area contributed by atoms with Gasteiger partial charge >= 0.3 is 0 Å². The molecule has 2 heterocycles. The topological polar surface area (TPSA) is 32.5 Å². The van der Waals surface area contributed by atoms with Gasteiger partial charge < -0.3 is 9.64 Å². The zero-order valence-corrected chi connectivity index (χ0v) is 13.6. The van der Waals surface area contributed by atoms with E-state index < -0.39 is 0 Å². The Morgan fingerprint density at radius 3 is 2.68 bits per heavy atom. The lowest BCUT2D eigenvalue weighted by Gasteiger charge is -2.26. The van der Waals surface area contributed by atoms with Gasteiger partial charge in [-0.05, 0) is 43.0 Å². The summed E-state index contributed by atoms with van der Waals surface area (Å²) in [5, 5.41) is 0. The Labute approximate surface area is 133 Å². The Kier molecular flexibility index (Phi) is 4.67. The number of hydrogen-bond donors (Lipinski definition) is 0. The molecule has 0 saturated carbocycles. The summed E-state index contributed by atoms with van der Waals surface area (Å²) in [6, 6.07) is 8.53. The predicted octanol–water partition coefficient (Wildman–Crippen LogP) is 2.92. The van der Waals surface area contributed by atoms with E-state index in [9.17, 15) is 4.79 Å². The molecule has 2 fully saturated rings. The minimum atomic E-state index is 0.238. The predicted molar refractivity (Wildman–Crippen MR) is 88.3 cm³/mol. The first kappa shape index (κ1) is 15.3. The van der Waals surface area contributed by atoms with Gasteiger partial charge in [-0.1, -0.05) is 13.8 Å². The van der Waals surface area contributed by atoms with Gasteiger partial charge in [0.15, 0.2) is 0 Å². The van der Waals surface area contributed by atoms with Crippen molar-refractivity contribution in [1.29, 1.82) is 0 Å². The average Bonchev–Trinajstić information content (AvgIpc) is 3.23. The molecule has 0 aliphatic carbocycles. The van der Waals surface area contributed by atoms with Crippen LogP contribution in [0.2, 0.25) is 0 Å². The van der Waals surface area contributed by atoms with Crippen molar-refractivity contribution >= 4 is 11.6 Å².